The number of rotatable bonds is 5. The van der Waals surface area contributed by atoms with Crippen molar-refractivity contribution in [1.29, 1.82) is 0 Å². The molecular formula is C15H29NO. The highest BCUT2D eigenvalue weighted by atomic mass is 16.5. The van der Waals surface area contributed by atoms with Crippen molar-refractivity contribution >= 4 is 0 Å². The van der Waals surface area contributed by atoms with Gasteiger partial charge in [-0.2, -0.15) is 0 Å². The van der Waals surface area contributed by atoms with Gasteiger partial charge in [0.05, 0.1) is 6.10 Å². The molecule has 2 aliphatic rings. The van der Waals surface area contributed by atoms with E-state index >= 15 is 0 Å². The molecule has 2 nitrogen and oxygen atoms in total. The average Bonchev–Trinajstić information content (AvgIpc) is 2.88. The Kier molecular flexibility index (Phi) is 4.48. The Labute approximate surface area is 107 Å². The predicted molar refractivity (Wildman–Crippen MR) is 72.1 cm³/mol. The van der Waals surface area contributed by atoms with Crippen LogP contribution in [0.1, 0.15) is 52.9 Å². The van der Waals surface area contributed by atoms with Crippen LogP contribution in [0.4, 0.5) is 0 Å². The Balaban J connectivity index is 1.97. The molecule has 17 heavy (non-hydrogen) atoms. The van der Waals surface area contributed by atoms with Gasteiger partial charge in [0.25, 0.3) is 0 Å². The summed E-state index contributed by atoms with van der Waals surface area (Å²) in [5.74, 6) is 1.65. The maximum absolute atomic E-state index is 5.90. The van der Waals surface area contributed by atoms with Crippen LogP contribution in [0, 0.1) is 17.3 Å². The van der Waals surface area contributed by atoms with Gasteiger partial charge in [0.2, 0.25) is 0 Å². The van der Waals surface area contributed by atoms with E-state index in [1.807, 2.05) is 0 Å². The van der Waals surface area contributed by atoms with E-state index in [0.29, 0.717) is 11.5 Å². The second-order valence-corrected chi connectivity index (χ2v) is 6.50. The lowest BCUT2D eigenvalue weighted by atomic mass is 9.69. The maximum atomic E-state index is 5.90. The van der Waals surface area contributed by atoms with Crippen molar-refractivity contribution in [3.63, 3.8) is 0 Å². The van der Waals surface area contributed by atoms with E-state index in [0.717, 1.165) is 31.5 Å². The van der Waals surface area contributed by atoms with E-state index in [1.54, 1.807) is 0 Å². The van der Waals surface area contributed by atoms with Crippen LogP contribution in [0.25, 0.3) is 0 Å². The quantitative estimate of drug-likeness (QED) is 0.795. The lowest BCUT2D eigenvalue weighted by Crippen LogP contribution is -2.45. The summed E-state index contributed by atoms with van der Waals surface area (Å²) >= 11 is 0. The van der Waals surface area contributed by atoms with Gasteiger partial charge in [-0.1, -0.05) is 26.7 Å². The summed E-state index contributed by atoms with van der Waals surface area (Å²) in [5, 5.41) is 3.69. The van der Waals surface area contributed by atoms with Gasteiger partial charge < -0.3 is 10.1 Å². The van der Waals surface area contributed by atoms with E-state index in [2.05, 4.69) is 26.1 Å². The molecule has 2 atom stereocenters. The third-order valence-electron chi connectivity index (χ3n) is 4.92. The highest BCUT2D eigenvalue weighted by molar-refractivity contribution is 4.98. The van der Waals surface area contributed by atoms with Crippen molar-refractivity contribution < 1.29 is 4.74 Å². The number of hydrogen-bond donors (Lipinski definition) is 1. The van der Waals surface area contributed by atoms with Crippen LogP contribution in [0.3, 0.4) is 0 Å². The number of nitrogens with one attached hydrogen (secondary N) is 1. The number of ether oxygens (including phenoxy) is 1. The van der Waals surface area contributed by atoms with Crippen molar-refractivity contribution in [2.45, 2.75) is 59.0 Å². The predicted octanol–water partition coefficient (Wildman–Crippen LogP) is 3.22. The average molecular weight is 239 g/mol. The van der Waals surface area contributed by atoms with E-state index in [1.165, 1.54) is 32.1 Å². The van der Waals surface area contributed by atoms with E-state index in [4.69, 9.17) is 4.74 Å². The fraction of sp³-hybridized carbons (Fsp3) is 1.00. The minimum absolute atomic E-state index is 0.436. The summed E-state index contributed by atoms with van der Waals surface area (Å²) in [5.41, 5.74) is 0.436. The van der Waals surface area contributed by atoms with Crippen LogP contribution in [0.5, 0.6) is 0 Å². The Hall–Kier alpha value is -0.0800. The van der Waals surface area contributed by atoms with Crippen molar-refractivity contribution in [3.05, 3.63) is 0 Å². The molecule has 0 aromatic rings. The van der Waals surface area contributed by atoms with Gasteiger partial charge >= 0.3 is 0 Å². The second kappa shape index (κ2) is 5.71. The fourth-order valence-electron chi connectivity index (χ4n) is 3.80. The molecule has 0 spiro atoms. The van der Waals surface area contributed by atoms with Gasteiger partial charge in [-0.3, -0.25) is 0 Å². The lowest BCUT2D eigenvalue weighted by molar-refractivity contribution is 0.0288. The molecule has 1 saturated carbocycles. The highest BCUT2D eigenvalue weighted by Gasteiger charge is 2.47. The summed E-state index contributed by atoms with van der Waals surface area (Å²) in [6.07, 6.45) is 7.44. The first kappa shape index (κ1) is 13.4. The zero-order valence-corrected chi connectivity index (χ0v) is 11.8. The molecule has 2 heteroatoms. The molecule has 2 rings (SSSR count). The lowest BCUT2D eigenvalue weighted by Gasteiger charge is -2.38. The molecule has 0 aromatic carbocycles. The fourth-order valence-corrected chi connectivity index (χ4v) is 3.80. The van der Waals surface area contributed by atoms with Crippen molar-refractivity contribution in [2.75, 3.05) is 19.7 Å². The van der Waals surface area contributed by atoms with Crippen LogP contribution < -0.4 is 5.32 Å². The molecule has 1 saturated heterocycles. The molecule has 1 N–H and O–H groups in total. The van der Waals surface area contributed by atoms with E-state index in [-0.39, 0.29) is 0 Å². The molecular weight excluding hydrogens is 210 g/mol. The van der Waals surface area contributed by atoms with Gasteiger partial charge in [-0.25, -0.2) is 0 Å². The Bertz CT molecular complexity index is 235. The summed E-state index contributed by atoms with van der Waals surface area (Å²) < 4.78 is 5.90. The zero-order valence-electron chi connectivity index (χ0n) is 11.8. The second-order valence-electron chi connectivity index (χ2n) is 6.50. The topological polar surface area (TPSA) is 21.3 Å². The SMILES string of the molecule is CC(C)CNCC1(C2CCCC2)CCOC1C. The van der Waals surface area contributed by atoms with E-state index in [9.17, 15) is 0 Å². The largest absolute Gasteiger partial charge is 0.378 e. The van der Waals surface area contributed by atoms with Crippen LogP contribution in [0.15, 0.2) is 0 Å². The van der Waals surface area contributed by atoms with Crippen LogP contribution in [0.2, 0.25) is 0 Å². The molecule has 0 aromatic heterocycles. The van der Waals surface area contributed by atoms with Crippen molar-refractivity contribution in [3.8, 4) is 0 Å². The zero-order chi connectivity index (χ0) is 12.3. The van der Waals surface area contributed by atoms with Crippen LogP contribution in [-0.4, -0.2) is 25.8 Å². The van der Waals surface area contributed by atoms with Gasteiger partial charge in [0.15, 0.2) is 0 Å². The third-order valence-corrected chi connectivity index (χ3v) is 4.92. The standard InChI is InChI=1S/C15H29NO/c1-12(2)10-16-11-15(8-9-17-13(15)3)14-6-4-5-7-14/h12-14,16H,4-11H2,1-3H3. The first-order chi connectivity index (χ1) is 8.15. The van der Waals surface area contributed by atoms with Gasteiger partial charge in [-0.15, -0.1) is 0 Å². The maximum Gasteiger partial charge on any atom is 0.0618 e. The minimum Gasteiger partial charge on any atom is -0.378 e. The summed E-state index contributed by atoms with van der Waals surface area (Å²) in [6.45, 7) is 10.1. The van der Waals surface area contributed by atoms with Crippen LogP contribution >= 0.6 is 0 Å². The van der Waals surface area contributed by atoms with E-state index < -0.39 is 0 Å². The Morgan fingerprint density at radius 2 is 2.00 bits per heavy atom. The normalized spacial score (nSPS) is 34.9. The molecule has 2 unspecified atom stereocenters. The molecule has 1 heterocycles. The molecule has 0 bridgehead atoms. The Morgan fingerprint density at radius 1 is 1.29 bits per heavy atom. The van der Waals surface area contributed by atoms with Crippen molar-refractivity contribution in [1.82, 2.24) is 5.32 Å². The smallest absolute Gasteiger partial charge is 0.0618 e. The molecule has 100 valence electrons. The molecule has 2 fully saturated rings. The molecule has 1 aliphatic carbocycles. The monoisotopic (exact) mass is 239 g/mol. The van der Waals surface area contributed by atoms with Gasteiger partial charge in [0.1, 0.15) is 0 Å². The molecule has 1 aliphatic heterocycles. The highest BCUT2D eigenvalue weighted by Crippen LogP contribution is 2.48. The minimum atomic E-state index is 0.436. The van der Waals surface area contributed by atoms with Gasteiger partial charge in [-0.05, 0) is 44.6 Å². The summed E-state index contributed by atoms with van der Waals surface area (Å²) in [4.78, 5) is 0. The van der Waals surface area contributed by atoms with Gasteiger partial charge in [0, 0.05) is 18.6 Å². The first-order valence-corrected chi connectivity index (χ1v) is 7.47. The Morgan fingerprint density at radius 3 is 2.53 bits per heavy atom. The van der Waals surface area contributed by atoms with Crippen molar-refractivity contribution in [2.24, 2.45) is 17.3 Å². The molecule has 0 radical (unpaired) electrons. The number of hydrogen-bond acceptors (Lipinski definition) is 2. The third kappa shape index (κ3) is 2.85. The van der Waals surface area contributed by atoms with Crippen LogP contribution in [-0.2, 0) is 4.74 Å². The summed E-state index contributed by atoms with van der Waals surface area (Å²) in [6, 6.07) is 0. The first-order valence-electron chi connectivity index (χ1n) is 7.47. The molecule has 0 amide bonds. The summed E-state index contributed by atoms with van der Waals surface area (Å²) in [7, 11) is 0.